The van der Waals surface area contributed by atoms with Gasteiger partial charge >= 0.3 is 0 Å². The highest BCUT2D eigenvalue weighted by Crippen LogP contribution is 2.42. The van der Waals surface area contributed by atoms with Crippen molar-refractivity contribution < 1.29 is 13.9 Å². The molecular weight excluding hydrogens is 533 g/mol. The van der Waals surface area contributed by atoms with Crippen LogP contribution in [-0.4, -0.2) is 101 Å². The lowest BCUT2D eigenvalue weighted by Gasteiger charge is -2.45. The predicted octanol–water partition coefficient (Wildman–Crippen LogP) is 3.10. The van der Waals surface area contributed by atoms with Crippen LogP contribution < -0.4 is 10.2 Å². The van der Waals surface area contributed by atoms with Gasteiger partial charge in [-0.25, -0.2) is 13.9 Å². The summed E-state index contributed by atoms with van der Waals surface area (Å²) in [5.41, 5.74) is 4.34. The number of carbonyl (C=O) groups excluding carboxylic acids is 1. The monoisotopic (exact) mass is 577 g/mol. The molecule has 226 valence electrons. The lowest BCUT2D eigenvalue weighted by molar-refractivity contribution is -0.121. The van der Waals surface area contributed by atoms with Gasteiger partial charge in [-0.1, -0.05) is 39.8 Å². The number of ether oxygens (including phenoxy) is 1. The van der Waals surface area contributed by atoms with Crippen molar-refractivity contribution in [3.8, 4) is 0 Å². The summed E-state index contributed by atoms with van der Waals surface area (Å²) in [6, 6.07) is 9.62. The van der Waals surface area contributed by atoms with Gasteiger partial charge in [0.15, 0.2) is 5.65 Å². The van der Waals surface area contributed by atoms with Gasteiger partial charge in [-0.3, -0.25) is 14.6 Å². The van der Waals surface area contributed by atoms with Crippen molar-refractivity contribution in [3.63, 3.8) is 0 Å². The summed E-state index contributed by atoms with van der Waals surface area (Å²) in [5.74, 6) is 0.361. The van der Waals surface area contributed by atoms with Gasteiger partial charge in [0.1, 0.15) is 12.1 Å². The Morgan fingerprint density at radius 1 is 1.21 bits per heavy atom. The summed E-state index contributed by atoms with van der Waals surface area (Å²) in [4.78, 5) is 25.7. The number of morpholine rings is 1. The number of carbonyl (C=O) groups is 1. The minimum Gasteiger partial charge on any atom is -0.378 e. The number of piperazine rings is 1. The van der Waals surface area contributed by atoms with Crippen LogP contribution in [0, 0.1) is 11.7 Å². The molecule has 0 unspecified atom stereocenters. The SMILES string of the molecule is CC(C)[C@@H]1COCCN1C[C@H]1CN[C@H](C)CN1CC(=O)N1CC(C)(C)c2c1cc(Cc1ccc(F)cc1)c1ncnn21. The Morgan fingerprint density at radius 3 is 2.76 bits per heavy atom. The van der Waals surface area contributed by atoms with E-state index in [0.29, 0.717) is 37.5 Å². The van der Waals surface area contributed by atoms with Crippen molar-refractivity contribution in [2.75, 3.05) is 57.4 Å². The van der Waals surface area contributed by atoms with Gasteiger partial charge in [0.25, 0.3) is 0 Å². The minimum atomic E-state index is -0.292. The number of pyridine rings is 1. The summed E-state index contributed by atoms with van der Waals surface area (Å²) in [6.07, 6.45) is 2.15. The molecule has 0 saturated carbocycles. The zero-order valence-electron chi connectivity index (χ0n) is 25.5. The number of halogens is 1. The third-order valence-electron chi connectivity index (χ3n) is 9.25. The molecule has 1 amide bonds. The van der Waals surface area contributed by atoms with Crippen molar-refractivity contribution >= 4 is 17.2 Å². The fourth-order valence-corrected chi connectivity index (χ4v) is 7.03. The first-order valence-corrected chi connectivity index (χ1v) is 15.3. The molecule has 10 heteroatoms. The number of hydrogen-bond donors (Lipinski definition) is 1. The van der Waals surface area contributed by atoms with Gasteiger partial charge in [0.05, 0.1) is 31.1 Å². The zero-order chi connectivity index (χ0) is 29.6. The highest BCUT2D eigenvalue weighted by Gasteiger charge is 2.42. The van der Waals surface area contributed by atoms with Gasteiger partial charge in [0, 0.05) is 68.2 Å². The normalized spacial score (nSPS) is 24.9. The Balaban J connectivity index is 1.27. The van der Waals surface area contributed by atoms with Crippen LogP contribution in [0.25, 0.3) is 5.65 Å². The summed E-state index contributed by atoms with van der Waals surface area (Å²) < 4.78 is 21.3. The van der Waals surface area contributed by atoms with Crippen LogP contribution in [0.3, 0.4) is 0 Å². The van der Waals surface area contributed by atoms with Crippen LogP contribution in [0.15, 0.2) is 36.7 Å². The first kappa shape index (κ1) is 29.2. The van der Waals surface area contributed by atoms with Gasteiger partial charge in [-0.05, 0) is 36.6 Å². The molecule has 2 saturated heterocycles. The Morgan fingerprint density at radius 2 is 2.00 bits per heavy atom. The molecule has 2 aromatic heterocycles. The molecule has 6 rings (SSSR count). The molecule has 2 fully saturated rings. The third kappa shape index (κ3) is 5.69. The topological polar surface area (TPSA) is 78.2 Å². The average Bonchev–Trinajstić information content (AvgIpc) is 3.54. The number of nitrogens with one attached hydrogen (secondary N) is 1. The molecule has 0 radical (unpaired) electrons. The summed E-state index contributed by atoms with van der Waals surface area (Å²) in [6.45, 7) is 17.1. The maximum atomic E-state index is 14.2. The Hall–Kier alpha value is -2.92. The highest BCUT2D eigenvalue weighted by atomic mass is 19.1. The van der Waals surface area contributed by atoms with Gasteiger partial charge < -0.3 is 15.0 Å². The molecule has 5 heterocycles. The van der Waals surface area contributed by atoms with Crippen LogP contribution in [0.2, 0.25) is 0 Å². The Labute approximate surface area is 248 Å². The number of anilines is 1. The van der Waals surface area contributed by atoms with E-state index in [1.807, 2.05) is 9.42 Å². The maximum absolute atomic E-state index is 14.2. The van der Waals surface area contributed by atoms with E-state index in [9.17, 15) is 9.18 Å². The van der Waals surface area contributed by atoms with E-state index in [2.05, 4.69) is 65.9 Å². The van der Waals surface area contributed by atoms with Gasteiger partial charge in [-0.2, -0.15) is 5.10 Å². The molecular formula is C32H44FN7O2. The molecule has 3 aliphatic heterocycles. The van der Waals surface area contributed by atoms with Crippen LogP contribution in [0.1, 0.15) is 51.4 Å². The number of rotatable bonds is 7. The standard InChI is InChI=1S/C32H44FN7O2/c1-21(2)28-18-42-11-10-37(28)16-26-14-34-22(3)15-38(26)17-29(41)39-19-32(4,5)30-27(39)13-24(31-35-20-36-40(30)31)12-23-6-8-25(33)9-7-23/h6-9,13,20-22,26,28,34H,10-12,14-19H2,1-5H3/t22-,26-,28+/m1/s1. The Bertz CT molecular complexity index is 1420. The number of nitrogens with zero attached hydrogens (tertiary/aromatic N) is 6. The van der Waals surface area contributed by atoms with E-state index in [1.54, 1.807) is 18.5 Å². The van der Waals surface area contributed by atoms with Crippen molar-refractivity contribution in [2.24, 2.45) is 5.92 Å². The fraction of sp³-hybridized carbons (Fsp3) is 0.594. The highest BCUT2D eigenvalue weighted by molar-refractivity contribution is 5.97. The summed E-state index contributed by atoms with van der Waals surface area (Å²) in [7, 11) is 0. The number of hydrogen-bond acceptors (Lipinski definition) is 7. The van der Waals surface area contributed by atoms with Crippen LogP contribution in [-0.2, 0) is 21.4 Å². The molecule has 3 atom stereocenters. The third-order valence-corrected chi connectivity index (χ3v) is 9.25. The Kier molecular flexibility index (Phi) is 8.08. The minimum absolute atomic E-state index is 0.107. The molecule has 3 aliphatic rings. The van der Waals surface area contributed by atoms with Crippen molar-refractivity contribution in [2.45, 2.75) is 64.6 Å². The van der Waals surface area contributed by atoms with Gasteiger partial charge in [0.2, 0.25) is 5.91 Å². The van der Waals surface area contributed by atoms with E-state index in [4.69, 9.17) is 4.74 Å². The number of benzene rings is 1. The van der Waals surface area contributed by atoms with Crippen molar-refractivity contribution in [3.05, 3.63) is 59.3 Å². The fourth-order valence-electron chi connectivity index (χ4n) is 7.03. The smallest absolute Gasteiger partial charge is 0.241 e. The summed E-state index contributed by atoms with van der Waals surface area (Å²) in [5, 5.41) is 8.25. The number of fused-ring (bicyclic) bond motifs is 3. The first-order chi connectivity index (χ1) is 20.1. The maximum Gasteiger partial charge on any atom is 0.241 e. The lowest BCUT2D eigenvalue weighted by Crippen LogP contribution is -2.62. The molecule has 0 spiro atoms. The largest absolute Gasteiger partial charge is 0.378 e. The second kappa shape index (κ2) is 11.6. The van der Waals surface area contributed by atoms with Crippen LogP contribution in [0.4, 0.5) is 10.1 Å². The lowest BCUT2D eigenvalue weighted by atomic mass is 9.90. The molecule has 9 nitrogen and oxygen atoms in total. The van der Waals surface area contributed by atoms with Crippen molar-refractivity contribution in [1.82, 2.24) is 29.7 Å². The number of amides is 1. The van der Waals surface area contributed by atoms with E-state index < -0.39 is 0 Å². The van der Waals surface area contributed by atoms with E-state index in [-0.39, 0.29) is 23.2 Å². The average molecular weight is 578 g/mol. The van der Waals surface area contributed by atoms with E-state index in [0.717, 1.165) is 67.5 Å². The molecule has 1 aromatic carbocycles. The van der Waals surface area contributed by atoms with E-state index >= 15 is 0 Å². The first-order valence-electron chi connectivity index (χ1n) is 15.3. The van der Waals surface area contributed by atoms with Gasteiger partial charge in [-0.15, -0.1) is 0 Å². The zero-order valence-corrected chi connectivity index (χ0v) is 25.5. The second-order valence-corrected chi connectivity index (χ2v) is 13.3. The van der Waals surface area contributed by atoms with Crippen molar-refractivity contribution in [1.29, 1.82) is 0 Å². The molecule has 0 aliphatic carbocycles. The molecule has 3 aromatic rings. The molecule has 0 bridgehead atoms. The van der Waals surface area contributed by atoms with E-state index in [1.165, 1.54) is 12.1 Å². The van der Waals surface area contributed by atoms with Crippen LogP contribution >= 0.6 is 0 Å². The van der Waals surface area contributed by atoms with Crippen LogP contribution in [0.5, 0.6) is 0 Å². The second-order valence-electron chi connectivity index (χ2n) is 13.3. The predicted molar refractivity (Wildman–Crippen MR) is 161 cm³/mol. The summed E-state index contributed by atoms with van der Waals surface area (Å²) >= 11 is 0. The quantitative estimate of drug-likeness (QED) is 0.463. The molecule has 1 N–H and O–H groups in total. The number of aromatic nitrogens is 3. The molecule has 42 heavy (non-hydrogen) atoms.